The number of aliphatic hydroxyl groups is 1. The molecule has 1 aliphatic rings. The fraction of sp³-hybridized carbons (Fsp3) is 0.667. The molecular weight excluding hydrogens is 388 g/mol. The van der Waals surface area contributed by atoms with Crippen LogP contribution in [-0.2, 0) is 16.6 Å². The fourth-order valence-electron chi connectivity index (χ4n) is 3.91. The van der Waals surface area contributed by atoms with Crippen molar-refractivity contribution >= 4 is 16.0 Å². The Balaban J connectivity index is 2.16. The van der Waals surface area contributed by atoms with Gasteiger partial charge in [0.2, 0.25) is 10.0 Å². The quantitative estimate of drug-likeness (QED) is 0.418. The first-order valence-electron chi connectivity index (χ1n) is 10.5. The number of sulfonamides is 1. The first-order valence-corrected chi connectivity index (χ1v) is 11.9. The van der Waals surface area contributed by atoms with Gasteiger partial charge in [0.25, 0.3) is 0 Å². The van der Waals surface area contributed by atoms with Gasteiger partial charge in [-0.1, -0.05) is 37.5 Å². The van der Waals surface area contributed by atoms with Crippen molar-refractivity contribution in [2.24, 2.45) is 10.4 Å². The van der Waals surface area contributed by atoms with Crippen LogP contribution >= 0.6 is 0 Å². The summed E-state index contributed by atoms with van der Waals surface area (Å²) >= 11 is 0. The van der Waals surface area contributed by atoms with Crippen molar-refractivity contribution in [2.45, 2.75) is 56.9 Å². The first-order chi connectivity index (χ1) is 13.8. The molecule has 1 aromatic rings. The second-order valence-corrected chi connectivity index (χ2v) is 10.1. The Bertz CT molecular complexity index is 766. The molecule has 0 bridgehead atoms. The van der Waals surface area contributed by atoms with Crippen molar-refractivity contribution in [3.05, 3.63) is 29.8 Å². The van der Waals surface area contributed by atoms with E-state index in [1.54, 1.807) is 18.2 Å². The van der Waals surface area contributed by atoms with Crippen LogP contribution in [0.5, 0.6) is 0 Å². The van der Waals surface area contributed by atoms with E-state index in [-0.39, 0.29) is 23.5 Å². The molecule has 3 N–H and O–H groups in total. The van der Waals surface area contributed by atoms with E-state index in [2.05, 4.69) is 15.6 Å². The third-order valence-corrected chi connectivity index (χ3v) is 7.59. The summed E-state index contributed by atoms with van der Waals surface area (Å²) in [4.78, 5) is 4.93. The van der Waals surface area contributed by atoms with Gasteiger partial charge in [-0.05, 0) is 43.2 Å². The highest BCUT2D eigenvalue weighted by molar-refractivity contribution is 7.89. The molecule has 0 spiro atoms. The maximum atomic E-state index is 12.6. The van der Waals surface area contributed by atoms with E-state index in [9.17, 15) is 13.5 Å². The van der Waals surface area contributed by atoms with Crippen LogP contribution in [0.25, 0.3) is 0 Å². The molecular formula is C21H36N4O3S. The van der Waals surface area contributed by atoms with E-state index in [0.29, 0.717) is 11.5 Å². The predicted molar refractivity (Wildman–Crippen MR) is 117 cm³/mol. The summed E-state index contributed by atoms with van der Waals surface area (Å²) in [6.45, 7) is 3.95. The minimum absolute atomic E-state index is 0.107. The highest BCUT2D eigenvalue weighted by Crippen LogP contribution is 2.38. The van der Waals surface area contributed by atoms with Crippen molar-refractivity contribution in [3.63, 3.8) is 0 Å². The van der Waals surface area contributed by atoms with Crippen molar-refractivity contribution in [2.75, 3.05) is 33.8 Å². The molecule has 0 atom stereocenters. The van der Waals surface area contributed by atoms with E-state index in [4.69, 9.17) is 0 Å². The van der Waals surface area contributed by atoms with Gasteiger partial charge in [-0.15, -0.1) is 0 Å². The van der Waals surface area contributed by atoms with Gasteiger partial charge in [-0.25, -0.2) is 17.7 Å². The van der Waals surface area contributed by atoms with Gasteiger partial charge in [0, 0.05) is 33.8 Å². The van der Waals surface area contributed by atoms with Crippen LogP contribution in [0, 0.1) is 5.41 Å². The average Bonchev–Trinajstić information content (AvgIpc) is 2.71. The minimum atomic E-state index is -3.52. The molecule has 1 saturated carbocycles. The molecule has 1 aromatic carbocycles. The van der Waals surface area contributed by atoms with E-state index in [1.807, 2.05) is 13.0 Å². The number of aliphatic imine (C=N–C) groups is 1. The molecule has 8 heteroatoms. The summed E-state index contributed by atoms with van der Waals surface area (Å²) in [5.41, 5.74) is 0.774. The molecule has 2 rings (SSSR count). The van der Waals surface area contributed by atoms with Crippen molar-refractivity contribution in [3.8, 4) is 0 Å². The number of rotatable bonds is 9. The molecule has 29 heavy (non-hydrogen) atoms. The van der Waals surface area contributed by atoms with E-state index in [0.717, 1.165) is 32.4 Å². The van der Waals surface area contributed by atoms with Gasteiger partial charge in [-0.3, -0.25) is 0 Å². The number of nitrogens with one attached hydrogen (secondary N) is 2. The topological polar surface area (TPSA) is 94.0 Å². The summed E-state index contributed by atoms with van der Waals surface area (Å²) in [5.74, 6) is 0.674. The summed E-state index contributed by atoms with van der Waals surface area (Å²) in [6, 6.07) is 6.99. The van der Waals surface area contributed by atoms with Gasteiger partial charge in [-0.2, -0.15) is 0 Å². The Labute approximate surface area is 175 Å². The van der Waals surface area contributed by atoms with Crippen LogP contribution in [0.4, 0.5) is 0 Å². The maximum absolute atomic E-state index is 12.6. The Kier molecular flexibility index (Phi) is 8.92. The molecule has 0 heterocycles. The smallest absolute Gasteiger partial charge is 0.242 e. The zero-order chi connectivity index (χ0) is 21.3. The normalized spacial score (nSPS) is 17.3. The third kappa shape index (κ3) is 6.42. The molecule has 164 valence electrons. The SMILES string of the molecule is CCNC(=NCc1ccccc1S(=O)(=O)N(C)C)NCC1(CCO)CCCCC1. The highest BCUT2D eigenvalue weighted by atomic mass is 32.2. The lowest BCUT2D eigenvalue weighted by molar-refractivity contribution is 0.131. The number of nitrogens with zero attached hydrogens (tertiary/aromatic N) is 2. The number of hydrogen-bond donors (Lipinski definition) is 3. The second kappa shape index (κ2) is 10.9. The van der Waals surface area contributed by atoms with Crippen LogP contribution < -0.4 is 10.6 Å². The first kappa shape index (κ1) is 23.6. The van der Waals surface area contributed by atoms with Crippen molar-refractivity contribution in [1.29, 1.82) is 0 Å². The average molecular weight is 425 g/mol. The lowest BCUT2D eigenvalue weighted by atomic mass is 9.72. The number of benzene rings is 1. The lowest BCUT2D eigenvalue weighted by Crippen LogP contribution is -2.45. The highest BCUT2D eigenvalue weighted by Gasteiger charge is 2.31. The van der Waals surface area contributed by atoms with E-state index >= 15 is 0 Å². The van der Waals surface area contributed by atoms with Gasteiger partial charge in [0.1, 0.15) is 0 Å². The Morgan fingerprint density at radius 3 is 2.48 bits per heavy atom. The molecule has 1 aliphatic carbocycles. The number of guanidine groups is 1. The summed E-state index contributed by atoms with van der Waals surface area (Å²) in [6.07, 6.45) is 6.69. The zero-order valence-corrected chi connectivity index (χ0v) is 18.8. The van der Waals surface area contributed by atoms with Gasteiger partial charge in [0.05, 0.1) is 11.4 Å². The van der Waals surface area contributed by atoms with E-state index in [1.165, 1.54) is 37.7 Å². The third-order valence-electron chi connectivity index (χ3n) is 5.67. The molecule has 0 aliphatic heterocycles. The summed E-state index contributed by atoms with van der Waals surface area (Å²) in [5, 5.41) is 16.2. The minimum Gasteiger partial charge on any atom is -0.396 e. The number of hydrogen-bond acceptors (Lipinski definition) is 4. The largest absolute Gasteiger partial charge is 0.396 e. The van der Waals surface area contributed by atoms with Gasteiger partial charge in [0.15, 0.2) is 5.96 Å². The Morgan fingerprint density at radius 1 is 1.17 bits per heavy atom. The van der Waals surface area contributed by atoms with Crippen LogP contribution in [0.3, 0.4) is 0 Å². The number of aliphatic hydroxyl groups excluding tert-OH is 1. The molecule has 0 aromatic heterocycles. The molecule has 7 nitrogen and oxygen atoms in total. The van der Waals surface area contributed by atoms with Gasteiger partial charge < -0.3 is 15.7 Å². The molecule has 0 amide bonds. The van der Waals surface area contributed by atoms with Crippen LogP contribution in [0.2, 0.25) is 0 Å². The predicted octanol–water partition coefficient (Wildman–Crippen LogP) is 2.32. The fourth-order valence-corrected chi connectivity index (χ4v) is 5.02. The Hall–Kier alpha value is -1.64. The summed E-state index contributed by atoms with van der Waals surface area (Å²) < 4.78 is 26.4. The van der Waals surface area contributed by atoms with Crippen molar-refractivity contribution in [1.82, 2.24) is 14.9 Å². The summed E-state index contributed by atoms with van der Waals surface area (Å²) in [7, 11) is -0.452. The molecule has 1 fully saturated rings. The molecule has 0 unspecified atom stereocenters. The Morgan fingerprint density at radius 2 is 1.86 bits per heavy atom. The molecule has 0 radical (unpaired) electrons. The second-order valence-electron chi connectivity index (χ2n) is 7.98. The lowest BCUT2D eigenvalue weighted by Gasteiger charge is -2.37. The van der Waals surface area contributed by atoms with Crippen LogP contribution in [0.1, 0.15) is 51.0 Å². The van der Waals surface area contributed by atoms with Crippen molar-refractivity contribution < 1.29 is 13.5 Å². The monoisotopic (exact) mass is 424 g/mol. The van der Waals surface area contributed by atoms with E-state index < -0.39 is 10.0 Å². The van der Waals surface area contributed by atoms with Crippen LogP contribution in [0.15, 0.2) is 34.2 Å². The standard InChI is InChI=1S/C21H36N4O3S/c1-4-22-20(24-17-21(14-15-26)12-8-5-9-13-21)23-16-18-10-6-7-11-19(18)29(27,28)25(2)3/h6-7,10-11,26H,4-5,8-9,12-17H2,1-3H3,(H2,22,23,24). The van der Waals surface area contributed by atoms with Crippen LogP contribution in [-0.4, -0.2) is 57.6 Å². The zero-order valence-electron chi connectivity index (χ0n) is 17.9. The molecule has 0 saturated heterocycles. The maximum Gasteiger partial charge on any atom is 0.242 e. The van der Waals surface area contributed by atoms with Gasteiger partial charge >= 0.3 is 0 Å².